The highest BCUT2D eigenvalue weighted by Crippen LogP contribution is 2.27. The van der Waals surface area contributed by atoms with Gasteiger partial charge >= 0.3 is 0 Å². The third-order valence-electron chi connectivity index (χ3n) is 5.69. The highest BCUT2D eigenvalue weighted by molar-refractivity contribution is 7.89. The second-order valence-corrected chi connectivity index (χ2v) is 9.25. The molecule has 27 heavy (non-hydrogen) atoms. The van der Waals surface area contributed by atoms with Crippen molar-refractivity contribution in [1.29, 1.82) is 0 Å². The van der Waals surface area contributed by atoms with Crippen LogP contribution in [0.2, 0.25) is 0 Å². The van der Waals surface area contributed by atoms with Crippen LogP contribution in [0, 0.1) is 18.7 Å². The van der Waals surface area contributed by atoms with Crippen molar-refractivity contribution in [1.82, 2.24) is 14.1 Å². The Bertz CT molecular complexity index is 783. The molecule has 0 spiro atoms. The van der Waals surface area contributed by atoms with E-state index in [4.69, 9.17) is 0 Å². The molecule has 1 amide bonds. The number of rotatable bonds is 4. The van der Waals surface area contributed by atoms with Gasteiger partial charge in [0.15, 0.2) is 0 Å². The summed E-state index contributed by atoms with van der Waals surface area (Å²) in [6, 6.07) is 3.73. The summed E-state index contributed by atoms with van der Waals surface area (Å²) in [4.78, 5) is 17.2. The zero-order valence-corrected chi connectivity index (χ0v) is 16.8. The van der Waals surface area contributed by atoms with Gasteiger partial charge in [0.1, 0.15) is 5.82 Å². The van der Waals surface area contributed by atoms with E-state index in [0.29, 0.717) is 31.5 Å². The predicted octanol–water partition coefficient (Wildman–Crippen LogP) is 1.70. The molecular formula is C19H28FN3O3S. The first-order valence-corrected chi connectivity index (χ1v) is 11.0. The van der Waals surface area contributed by atoms with Gasteiger partial charge in [-0.1, -0.05) is 6.92 Å². The Morgan fingerprint density at radius 2 is 1.74 bits per heavy atom. The van der Waals surface area contributed by atoms with E-state index in [9.17, 15) is 17.6 Å². The minimum atomic E-state index is -3.66. The SMILES string of the molecule is CCN1CCN(C(=O)C2CCN(S(=O)(=O)c3ccc(F)cc3C)CC2)CC1. The van der Waals surface area contributed by atoms with Crippen LogP contribution in [-0.2, 0) is 14.8 Å². The number of piperazine rings is 1. The van der Waals surface area contributed by atoms with E-state index in [1.165, 1.54) is 22.5 Å². The molecule has 0 aromatic heterocycles. The zero-order chi connectivity index (χ0) is 19.6. The first-order chi connectivity index (χ1) is 12.8. The molecule has 2 fully saturated rings. The minimum Gasteiger partial charge on any atom is -0.340 e. The topological polar surface area (TPSA) is 60.9 Å². The number of carbonyl (C=O) groups excluding carboxylic acids is 1. The molecular weight excluding hydrogens is 369 g/mol. The number of sulfonamides is 1. The van der Waals surface area contributed by atoms with Crippen LogP contribution >= 0.6 is 0 Å². The standard InChI is InChI=1S/C19H28FN3O3S/c1-3-21-10-12-22(13-11-21)19(24)16-6-8-23(9-7-16)27(25,26)18-5-4-17(20)14-15(18)2/h4-5,14,16H,3,6-13H2,1-2H3. The predicted molar refractivity (Wildman–Crippen MR) is 101 cm³/mol. The van der Waals surface area contributed by atoms with E-state index in [2.05, 4.69) is 11.8 Å². The van der Waals surface area contributed by atoms with Crippen molar-refractivity contribution in [3.8, 4) is 0 Å². The van der Waals surface area contributed by atoms with Crippen molar-refractivity contribution in [3.05, 3.63) is 29.6 Å². The Hall–Kier alpha value is -1.51. The molecule has 6 nitrogen and oxygen atoms in total. The number of piperidine rings is 1. The summed E-state index contributed by atoms with van der Waals surface area (Å²) in [7, 11) is -3.66. The van der Waals surface area contributed by atoms with Crippen LogP contribution in [0.4, 0.5) is 4.39 Å². The molecule has 2 heterocycles. The van der Waals surface area contributed by atoms with E-state index in [1.54, 1.807) is 6.92 Å². The molecule has 0 bridgehead atoms. The second-order valence-electron chi connectivity index (χ2n) is 7.35. The molecule has 1 aromatic rings. The van der Waals surface area contributed by atoms with Crippen molar-refractivity contribution in [3.63, 3.8) is 0 Å². The van der Waals surface area contributed by atoms with Crippen molar-refractivity contribution in [2.75, 3.05) is 45.8 Å². The number of nitrogens with zero attached hydrogens (tertiary/aromatic N) is 3. The Balaban J connectivity index is 1.60. The van der Waals surface area contributed by atoms with Gasteiger partial charge in [-0.15, -0.1) is 0 Å². The molecule has 0 radical (unpaired) electrons. The summed E-state index contributed by atoms with van der Waals surface area (Å²) >= 11 is 0. The zero-order valence-electron chi connectivity index (χ0n) is 16.0. The van der Waals surface area contributed by atoms with Gasteiger partial charge in [0, 0.05) is 45.2 Å². The number of aryl methyl sites for hydroxylation is 1. The lowest BCUT2D eigenvalue weighted by molar-refractivity contribution is -0.138. The van der Waals surface area contributed by atoms with Crippen molar-refractivity contribution >= 4 is 15.9 Å². The maximum atomic E-state index is 13.3. The molecule has 0 unspecified atom stereocenters. The summed E-state index contributed by atoms with van der Waals surface area (Å²) in [5.41, 5.74) is 0.405. The summed E-state index contributed by atoms with van der Waals surface area (Å²) in [6.07, 6.45) is 1.07. The molecule has 150 valence electrons. The molecule has 3 rings (SSSR count). The van der Waals surface area contributed by atoms with Crippen LogP contribution in [-0.4, -0.2) is 74.2 Å². The molecule has 2 aliphatic rings. The highest BCUT2D eigenvalue weighted by atomic mass is 32.2. The molecule has 2 aliphatic heterocycles. The van der Waals surface area contributed by atoms with Gasteiger partial charge in [-0.3, -0.25) is 4.79 Å². The monoisotopic (exact) mass is 397 g/mol. The summed E-state index contributed by atoms with van der Waals surface area (Å²) in [5, 5.41) is 0. The Kier molecular flexibility index (Phi) is 6.18. The maximum absolute atomic E-state index is 13.3. The summed E-state index contributed by atoms with van der Waals surface area (Å²) < 4.78 is 40.4. The third kappa shape index (κ3) is 4.33. The normalized spacial score (nSPS) is 20.8. The molecule has 0 aliphatic carbocycles. The number of hydrogen-bond acceptors (Lipinski definition) is 4. The van der Waals surface area contributed by atoms with Gasteiger partial charge in [0.25, 0.3) is 0 Å². The van der Waals surface area contributed by atoms with E-state index in [0.717, 1.165) is 32.7 Å². The summed E-state index contributed by atoms with van der Waals surface area (Å²) in [6.45, 7) is 8.67. The van der Waals surface area contributed by atoms with Crippen LogP contribution in [0.25, 0.3) is 0 Å². The molecule has 0 atom stereocenters. The lowest BCUT2D eigenvalue weighted by Crippen LogP contribution is -2.51. The first kappa shape index (κ1) is 20.2. The van der Waals surface area contributed by atoms with Crippen molar-refractivity contribution < 1.29 is 17.6 Å². The third-order valence-corrected chi connectivity index (χ3v) is 7.75. The average Bonchev–Trinajstić information content (AvgIpc) is 2.67. The molecule has 2 saturated heterocycles. The highest BCUT2D eigenvalue weighted by Gasteiger charge is 2.35. The molecule has 0 N–H and O–H groups in total. The second kappa shape index (κ2) is 8.24. The first-order valence-electron chi connectivity index (χ1n) is 9.60. The molecule has 8 heteroatoms. The van der Waals surface area contributed by atoms with Crippen LogP contribution < -0.4 is 0 Å². The van der Waals surface area contributed by atoms with E-state index >= 15 is 0 Å². The largest absolute Gasteiger partial charge is 0.340 e. The lowest BCUT2D eigenvalue weighted by atomic mass is 9.96. The van der Waals surface area contributed by atoms with Crippen molar-refractivity contribution in [2.24, 2.45) is 5.92 Å². The fraction of sp³-hybridized carbons (Fsp3) is 0.632. The van der Waals surface area contributed by atoms with Gasteiger partial charge in [0.05, 0.1) is 4.90 Å². The van der Waals surface area contributed by atoms with Gasteiger partial charge in [-0.2, -0.15) is 4.31 Å². The number of halogens is 1. The number of carbonyl (C=O) groups is 1. The van der Waals surface area contributed by atoms with Gasteiger partial charge < -0.3 is 9.80 Å². The quantitative estimate of drug-likeness (QED) is 0.776. The van der Waals surface area contributed by atoms with E-state index in [1.807, 2.05) is 4.90 Å². The average molecular weight is 398 g/mol. The fourth-order valence-electron chi connectivity index (χ4n) is 3.93. The smallest absolute Gasteiger partial charge is 0.243 e. The number of amides is 1. The Morgan fingerprint density at radius 1 is 1.11 bits per heavy atom. The van der Waals surface area contributed by atoms with Crippen molar-refractivity contribution in [2.45, 2.75) is 31.6 Å². The van der Waals surface area contributed by atoms with Crippen LogP contribution in [0.3, 0.4) is 0 Å². The minimum absolute atomic E-state index is 0.112. The number of benzene rings is 1. The number of likely N-dealkylation sites (N-methyl/N-ethyl adjacent to an activating group) is 1. The Morgan fingerprint density at radius 3 is 2.30 bits per heavy atom. The fourth-order valence-corrected chi connectivity index (χ4v) is 5.60. The molecule has 0 saturated carbocycles. The lowest BCUT2D eigenvalue weighted by Gasteiger charge is -2.38. The van der Waals surface area contributed by atoms with Crippen LogP contribution in [0.15, 0.2) is 23.1 Å². The van der Waals surface area contributed by atoms with Gasteiger partial charge in [-0.05, 0) is 50.1 Å². The van der Waals surface area contributed by atoms with E-state index in [-0.39, 0.29) is 16.7 Å². The number of hydrogen-bond donors (Lipinski definition) is 0. The summed E-state index contributed by atoms with van der Waals surface area (Å²) in [5.74, 6) is -0.404. The van der Waals surface area contributed by atoms with Gasteiger partial charge in [0.2, 0.25) is 15.9 Å². The maximum Gasteiger partial charge on any atom is 0.243 e. The van der Waals surface area contributed by atoms with E-state index < -0.39 is 15.8 Å². The van der Waals surface area contributed by atoms with Gasteiger partial charge in [-0.25, -0.2) is 12.8 Å². The van der Waals surface area contributed by atoms with Crippen LogP contribution in [0.5, 0.6) is 0 Å². The Labute approximate surface area is 161 Å². The van der Waals surface area contributed by atoms with Crippen LogP contribution in [0.1, 0.15) is 25.3 Å². The molecule has 1 aromatic carbocycles.